The van der Waals surface area contributed by atoms with Crippen LogP contribution in [0.5, 0.6) is 0 Å². The van der Waals surface area contributed by atoms with E-state index in [4.69, 9.17) is 9.84 Å². The molecular weight excluding hydrogens is 240 g/mol. The molecule has 0 radical (unpaired) electrons. The van der Waals surface area contributed by atoms with Crippen LogP contribution in [0, 0.1) is 0 Å². The molecule has 1 rings (SSSR count). The summed E-state index contributed by atoms with van der Waals surface area (Å²) < 4.78 is 9.60. The zero-order valence-corrected chi connectivity index (χ0v) is 10.5. The Balaban J connectivity index is 2.33. The Morgan fingerprint density at radius 2 is 2.17 bits per heavy atom. The highest BCUT2D eigenvalue weighted by molar-refractivity contribution is 5.84. The van der Waals surface area contributed by atoms with Gasteiger partial charge in [0.25, 0.3) is 0 Å². The van der Waals surface area contributed by atoms with Crippen molar-refractivity contribution in [2.24, 2.45) is 0 Å². The predicted molar refractivity (Wildman–Crippen MR) is 61.4 cm³/mol. The maximum absolute atomic E-state index is 11.3. The number of rotatable bonds is 4. The van der Waals surface area contributed by atoms with Gasteiger partial charge in [-0.3, -0.25) is 0 Å². The van der Waals surface area contributed by atoms with Gasteiger partial charge in [-0.2, -0.15) is 0 Å². The molecule has 0 fully saturated rings. The second-order valence-electron chi connectivity index (χ2n) is 4.67. The van der Waals surface area contributed by atoms with E-state index in [2.05, 4.69) is 15.0 Å². The maximum atomic E-state index is 11.3. The van der Waals surface area contributed by atoms with Crippen LogP contribution < -0.4 is 5.32 Å². The van der Waals surface area contributed by atoms with Crippen LogP contribution in [-0.4, -0.2) is 34.5 Å². The second-order valence-corrected chi connectivity index (χ2v) is 4.67. The number of carboxylic acids is 1. The number of nitrogens with one attached hydrogen (secondary N) is 1. The van der Waals surface area contributed by atoms with Gasteiger partial charge in [-0.1, -0.05) is 5.16 Å². The maximum Gasteiger partial charge on any atom is 0.407 e. The molecule has 1 aromatic heterocycles. The molecular formula is C11H16N2O5. The van der Waals surface area contributed by atoms with Gasteiger partial charge in [0, 0.05) is 19.0 Å². The number of carbonyl (C=O) groups excluding carboxylic acids is 1. The number of nitrogens with zero attached hydrogens (tertiary/aromatic N) is 1. The number of carboxylic acid groups (broad SMARTS) is 1. The average molecular weight is 256 g/mol. The number of hydrogen-bond donors (Lipinski definition) is 2. The SMILES string of the molecule is CC(C)(C)OC(=O)NCCc1cc(C(=O)O)on1. The molecule has 7 heteroatoms. The van der Waals surface area contributed by atoms with Crippen LogP contribution in [0.2, 0.25) is 0 Å². The third-order valence-electron chi connectivity index (χ3n) is 1.82. The lowest BCUT2D eigenvalue weighted by Crippen LogP contribution is -2.33. The number of alkyl carbamates (subject to hydrolysis) is 1. The fourth-order valence-corrected chi connectivity index (χ4v) is 1.14. The molecule has 1 aromatic rings. The van der Waals surface area contributed by atoms with E-state index in [0.29, 0.717) is 18.7 Å². The molecule has 0 unspecified atom stereocenters. The van der Waals surface area contributed by atoms with E-state index in [1.807, 2.05) is 0 Å². The Morgan fingerprint density at radius 3 is 2.67 bits per heavy atom. The second kappa shape index (κ2) is 5.52. The average Bonchev–Trinajstić information content (AvgIpc) is 2.63. The fraction of sp³-hybridized carbons (Fsp3) is 0.545. The number of hydrogen-bond acceptors (Lipinski definition) is 5. The van der Waals surface area contributed by atoms with Gasteiger partial charge in [-0.25, -0.2) is 9.59 Å². The van der Waals surface area contributed by atoms with Crippen LogP contribution in [0.1, 0.15) is 37.0 Å². The zero-order chi connectivity index (χ0) is 13.8. The number of ether oxygens (including phenoxy) is 1. The topological polar surface area (TPSA) is 102 Å². The summed E-state index contributed by atoms with van der Waals surface area (Å²) in [5.74, 6) is -1.39. The van der Waals surface area contributed by atoms with Gasteiger partial charge in [0.1, 0.15) is 5.60 Å². The molecule has 0 saturated carbocycles. The van der Waals surface area contributed by atoms with E-state index in [0.717, 1.165) is 0 Å². The molecule has 0 aliphatic rings. The Kier molecular flexibility index (Phi) is 4.30. The summed E-state index contributed by atoms with van der Waals surface area (Å²) in [7, 11) is 0. The minimum absolute atomic E-state index is 0.220. The van der Waals surface area contributed by atoms with Crippen molar-refractivity contribution in [2.45, 2.75) is 32.8 Å². The number of aromatic carboxylic acids is 1. The Hall–Kier alpha value is -2.05. The van der Waals surface area contributed by atoms with Crippen LogP contribution in [0.3, 0.4) is 0 Å². The molecule has 2 N–H and O–H groups in total. The molecule has 1 heterocycles. The highest BCUT2D eigenvalue weighted by atomic mass is 16.6. The minimum Gasteiger partial charge on any atom is -0.475 e. The van der Waals surface area contributed by atoms with Crippen molar-refractivity contribution < 1.29 is 24.0 Å². The van der Waals surface area contributed by atoms with Gasteiger partial charge in [-0.05, 0) is 20.8 Å². The molecule has 0 spiro atoms. The quantitative estimate of drug-likeness (QED) is 0.845. The normalized spacial score (nSPS) is 11.1. The highest BCUT2D eigenvalue weighted by Gasteiger charge is 2.16. The molecule has 0 aliphatic heterocycles. The summed E-state index contributed by atoms with van der Waals surface area (Å²) in [6, 6.07) is 1.32. The van der Waals surface area contributed by atoms with Crippen LogP contribution in [0.15, 0.2) is 10.6 Å². The van der Waals surface area contributed by atoms with Crippen molar-refractivity contribution in [2.75, 3.05) is 6.54 Å². The summed E-state index contributed by atoms with van der Waals surface area (Å²) >= 11 is 0. The van der Waals surface area contributed by atoms with E-state index in [-0.39, 0.29) is 5.76 Å². The lowest BCUT2D eigenvalue weighted by atomic mass is 10.2. The van der Waals surface area contributed by atoms with E-state index in [1.165, 1.54) is 6.07 Å². The summed E-state index contributed by atoms with van der Waals surface area (Å²) in [5.41, 5.74) is -0.0856. The molecule has 0 atom stereocenters. The summed E-state index contributed by atoms with van der Waals surface area (Å²) in [6.07, 6.45) is -0.153. The first kappa shape index (κ1) is 14.0. The largest absolute Gasteiger partial charge is 0.475 e. The van der Waals surface area contributed by atoms with Crippen molar-refractivity contribution in [3.63, 3.8) is 0 Å². The molecule has 18 heavy (non-hydrogen) atoms. The zero-order valence-electron chi connectivity index (χ0n) is 10.5. The van der Waals surface area contributed by atoms with Crippen LogP contribution >= 0.6 is 0 Å². The number of aromatic nitrogens is 1. The molecule has 7 nitrogen and oxygen atoms in total. The van der Waals surface area contributed by atoms with Crippen molar-refractivity contribution in [3.8, 4) is 0 Å². The molecule has 0 aliphatic carbocycles. The molecule has 1 amide bonds. The van der Waals surface area contributed by atoms with Crippen molar-refractivity contribution in [3.05, 3.63) is 17.5 Å². The first-order valence-corrected chi connectivity index (χ1v) is 5.43. The number of carbonyl (C=O) groups is 2. The molecule has 0 saturated heterocycles. The van der Waals surface area contributed by atoms with Gasteiger partial charge < -0.3 is 19.7 Å². The monoisotopic (exact) mass is 256 g/mol. The minimum atomic E-state index is -1.17. The van der Waals surface area contributed by atoms with Gasteiger partial charge in [0.05, 0.1) is 5.69 Å². The van der Waals surface area contributed by atoms with Crippen LogP contribution in [-0.2, 0) is 11.2 Å². The third-order valence-corrected chi connectivity index (χ3v) is 1.82. The van der Waals surface area contributed by atoms with E-state index in [1.54, 1.807) is 20.8 Å². The van der Waals surface area contributed by atoms with E-state index >= 15 is 0 Å². The smallest absolute Gasteiger partial charge is 0.407 e. The van der Waals surface area contributed by atoms with Gasteiger partial charge in [-0.15, -0.1) is 0 Å². The van der Waals surface area contributed by atoms with Crippen molar-refractivity contribution in [1.82, 2.24) is 10.5 Å². The molecule has 0 bridgehead atoms. The van der Waals surface area contributed by atoms with Gasteiger partial charge >= 0.3 is 12.1 Å². The lowest BCUT2D eigenvalue weighted by molar-refractivity contribution is 0.0527. The summed E-state index contributed by atoms with van der Waals surface area (Å²) in [5, 5.41) is 14.7. The third kappa shape index (κ3) is 4.86. The Morgan fingerprint density at radius 1 is 1.50 bits per heavy atom. The first-order valence-electron chi connectivity index (χ1n) is 5.43. The first-order chi connectivity index (χ1) is 8.28. The standard InChI is InChI=1S/C11H16N2O5/c1-11(2,3)17-10(16)12-5-4-7-6-8(9(14)15)18-13-7/h6H,4-5H2,1-3H3,(H,12,16)(H,14,15). The van der Waals surface area contributed by atoms with Crippen LogP contribution in [0.25, 0.3) is 0 Å². The summed E-state index contributed by atoms with van der Waals surface area (Å²) in [4.78, 5) is 21.8. The predicted octanol–water partition coefficient (Wildman–Crippen LogP) is 1.44. The van der Waals surface area contributed by atoms with E-state index in [9.17, 15) is 9.59 Å². The fourth-order valence-electron chi connectivity index (χ4n) is 1.14. The number of amides is 1. The van der Waals surface area contributed by atoms with Gasteiger partial charge in [0.2, 0.25) is 5.76 Å². The molecule has 0 aromatic carbocycles. The lowest BCUT2D eigenvalue weighted by Gasteiger charge is -2.19. The van der Waals surface area contributed by atoms with Crippen LogP contribution in [0.4, 0.5) is 4.79 Å². The molecule has 100 valence electrons. The Bertz CT molecular complexity index is 433. The van der Waals surface area contributed by atoms with E-state index < -0.39 is 17.7 Å². The van der Waals surface area contributed by atoms with Gasteiger partial charge in [0.15, 0.2) is 0 Å². The highest BCUT2D eigenvalue weighted by Crippen LogP contribution is 2.07. The summed E-state index contributed by atoms with van der Waals surface area (Å²) in [6.45, 7) is 5.59. The van der Waals surface area contributed by atoms with Crippen molar-refractivity contribution >= 4 is 12.1 Å². The Labute approximate surface area is 104 Å². The van der Waals surface area contributed by atoms with Crippen molar-refractivity contribution in [1.29, 1.82) is 0 Å².